The minimum atomic E-state index is -0.536. The summed E-state index contributed by atoms with van der Waals surface area (Å²) in [5.74, 6) is -0.857. The highest BCUT2D eigenvalue weighted by Gasteiger charge is 2.35. The minimum Gasteiger partial charge on any atom is -0.495 e. The molecule has 7 nitrogen and oxygen atoms in total. The van der Waals surface area contributed by atoms with E-state index in [1.165, 1.54) is 36.3 Å². The highest BCUT2D eigenvalue weighted by Crippen LogP contribution is 2.32. The fourth-order valence-electron chi connectivity index (χ4n) is 4.03. The van der Waals surface area contributed by atoms with Crippen molar-refractivity contribution >= 4 is 28.8 Å². The number of methoxy groups -OCH3 is 1. The Morgan fingerprint density at radius 1 is 1.15 bits per heavy atom. The van der Waals surface area contributed by atoms with Crippen molar-refractivity contribution in [3.05, 3.63) is 78.9 Å². The van der Waals surface area contributed by atoms with E-state index >= 15 is 0 Å². The Balaban J connectivity index is 1.37. The van der Waals surface area contributed by atoms with Crippen LogP contribution in [0.4, 0.5) is 15.8 Å². The van der Waals surface area contributed by atoms with Crippen molar-refractivity contribution in [2.24, 2.45) is 5.92 Å². The molecule has 3 heterocycles. The molecule has 4 aromatic rings. The number of carbonyl (C=O) groups excluding carboxylic acids is 2. The first-order chi connectivity index (χ1) is 16.0. The molecule has 1 fully saturated rings. The molecule has 0 radical (unpaired) electrons. The lowest BCUT2D eigenvalue weighted by Crippen LogP contribution is -2.28. The van der Waals surface area contributed by atoms with Crippen molar-refractivity contribution < 1.29 is 18.7 Å². The average molecular weight is 444 g/mol. The number of aromatic nitrogens is 2. The van der Waals surface area contributed by atoms with Crippen LogP contribution in [0.3, 0.4) is 0 Å². The summed E-state index contributed by atoms with van der Waals surface area (Å²) in [5, 5.41) is 2.91. The molecular formula is C25H21FN4O3. The van der Waals surface area contributed by atoms with Gasteiger partial charge >= 0.3 is 0 Å². The van der Waals surface area contributed by atoms with Crippen LogP contribution in [0.2, 0.25) is 0 Å². The number of amides is 2. The second-order valence-corrected chi connectivity index (χ2v) is 7.88. The molecule has 0 saturated carbocycles. The molecule has 0 spiro atoms. The summed E-state index contributed by atoms with van der Waals surface area (Å²) in [6.45, 7) is 0.227. The number of anilines is 2. The normalized spacial score (nSPS) is 15.8. The zero-order valence-corrected chi connectivity index (χ0v) is 17.9. The van der Waals surface area contributed by atoms with Crippen LogP contribution < -0.4 is 15.0 Å². The highest BCUT2D eigenvalue weighted by atomic mass is 19.1. The molecule has 2 amide bonds. The van der Waals surface area contributed by atoms with E-state index in [0.717, 1.165) is 16.9 Å². The van der Waals surface area contributed by atoms with Crippen LogP contribution in [0, 0.1) is 11.7 Å². The van der Waals surface area contributed by atoms with E-state index in [4.69, 9.17) is 4.74 Å². The number of carbonyl (C=O) groups is 2. The smallest absolute Gasteiger partial charge is 0.229 e. The monoisotopic (exact) mass is 444 g/mol. The van der Waals surface area contributed by atoms with Crippen molar-refractivity contribution in [1.29, 1.82) is 0 Å². The predicted octanol–water partition coefficient (Wildman–Crippen LogP) is 4.14. The Morgan fingerprint density at radius 3 is 2.73 bits per heavy atom. The number of ether oxygens (including phenoxy) is 1. The fraction of sp³-hybridized carbons (Fsp3) is 0.160. The van der Waals surface area contributed by atoms with Crippen LogP contribution in [0.15, 0.2) is 73.1 Å². The summed E-state index contributed by atoms with van der Waals surface area (Å²) in [7, 11) is 1.53. The van der Waals surface area contributed by atoms with E-state index in [0.29, 0.717) is 17.1 Å². The van der Waals surface area contributed by atoms with Crippen LogP contribution in [0.1, 0.15) is 6.42 Å². The summed E-state index contributed by atoms with van der Waals surface area (Å²) < 4.78 is 20.6. The quantitative estimate of drug-likeness (QED) is 0.502. The van der Waals surface area contributed by atoms with E-state index in [1.54, 1.807) is 6.07 Å². The molecule has 2 aromatic heterocycles. The van der Waals surface area contributed by atoms with Crippen molar-refractivity contribution in [2.45, 2.75) is 6.42 Å². The number of halogens is 1. The molecule has 8 heteroatoms. The summed E-state index contributed by atoms with van der Waals surface area (Å²) in [5.41, 5.74) is 3.48. The molecule has 1 unspecified atom stereocenters. The molecular weight excluding hydrogens is 423 g/mol. The Morgan fingerprint density at radius 2 is 1.97 bits per heavy atom. The number of fused-ring (bicyclic) bond motifs is 1. The van der Waals surface area contributed by atoms with Crippen molar-refractivity contribution in [1.82, 2.24) is 9.38 Å². The maximum atomic E-state index is 13.2. The van der Waals surface area contributed by atoms with Crippen molar-refractivity contribution in [3.8, 4) is 17.0 Å². The van der Waals surface area contributed by atoms with Crippen molar-refractivity contribution in [2.75, 3.05) is 23.9 Å². The summed E-state index contributed by atoms with van der Waals surface area (Å²) in [6, 6.07) is 16.9. The lowest BCUT2D eigenvalue weighted by atomic mass is 10.1. The van der Waals surface area contributed by atoms with Crippen LogP contribution in [0.5, 0.6) is 5.75 Å². The summed E-state index contributed by atoms with van der Waals surface area (Å²) >= 11 is 0. The SMILES string of the molecule is COc1ccc(-c2cn3ccccc3n2)cc1NC(=O)C1CC(=O)N(c2ccc(F)cc2)C1. The number of pyridine rings is 1. The van der Waals surface area contributed by atoms with Crippen LogP contribution >= 0.6 is 0 Å². The van der Waals surface area contributed by atoms with Crippen LogP contribution in [0.25, 0.3) is 16.9 Å². The Kier molecular flexibility index (Phi) is 5.26. The maximum absolute atomic E-state index is 13.2. The molecule has 1 saturated heterocycles. The molecule has 166 valence electrons. The molecule has 5 rings (SSSR count). The van der Waals surface area contributed by atoms with Gasteiger partial charge in [-0.1, -0.05) is 6.07 Å². The lowest BCUT2D eigenvalue weighted by molar-refractivity contribution is -0.122. The van der Waals surface area contributed by atoms with Gasteiger partial charge in [-0.15, -0.1) is 0 Å². The van der Waals surface area contributed by atoms with Gasteiger partial charge in [0.2, 0.25) is 11.8 Å². The molecule has 1 atom stereocenters. The average Bonchev–Trinajstić information content (AvgIpc) is 3.43. The molecule has 1 N–H and O–H groups in total. The third kappa shape index (κ3) is 4.03. The largest absolute Gasteiger partial charge is 0.495 e. The summed E-state index contributed by atoms with van der Waals surface area (Å²) in [6.07, 6.45) is 3.92. The molecule has 2 aromatic carbocycles. The first-order valence-corrected chi connectivity index (χ1v) is 10.5. The van der Waals surface area contributed by atoms with Gasteiger partial charge in [0, 0.05) is 36.6 Å². The number of nitrogens with one attached hydrogen (secondary N) is 1. The van der Waals surface area contributed by atoms with Gasteiger partial charge < -0.3 is 19.4 Å². The second-order valence-electron chi connectivity index (χ2n) is 7.88. The van der Waals surface area contributed by atoms with E-state index in [2.05, 4.69) is 10.3 Å². The van der Waals surface area contributed by atoms with E-state index < -0.39 is 5.92 Å². The number of hydrogen-bond donors (Lipinski definition) is 1. The highest BCUT2D eigenvalue weighted by molar-refractivity contribution is 6.04. The molecule has 33 heavy (non-hydrogen) atoms. The van der Waals surface area contributed by atoms with Crippen LogP contribution in [-0.2, 0) is 9.59 Å². The van der Waals surface area contributed by atoms with Gasteiger partial charge in [-0.3, -0.25) is 9.59 Å². The molecule has 0 bridgehead atoms. The van der Waals surface area contributed by atoms with Gasteiger partial charge in [-0.25, -0.2) is 9.37 Å². The Bertz CT molecular complexity index is 1320. The topological polar surface area (TPSA) is 75.9 Å². The zero-order valence-electron chi connectivity index (χ0n) is 17.9. The van der Waals surface area contributed by atoms with Gasteiger partial charge in [0.05, 0.1) is 24.4 Å². The van der Waals surface area contributed by atoms with Gasteiger partial charge in [-0.2, -0.15) is 0 Å². The summed E-state index contributed by atoms with van der Waals surface area (Å²) in [4.78, 5) is 31.6. The van der Waals surface area contributed by atoms with Gasteiger partial charge in [-0.05, 0) is 54.6 Å². The van der Waals surface area contributed by atoms with E-state index in [-0.39, 0.29) is 30.6 Å². The number of benzene rings is 2. The molecule has 1 aliphatic rings. The van der Waals surface area contributed by atoms with Crippen molar-refractivity contribution in [3.63, 3.8) is 0 Å². The third-order valence-electron chi connectivity index (χ3n) is 5.75. The first-order valence-electron chi connectivity index (χ1n) is 10.5. The predicted molar refractivity (Wildman–Crippen MR) is 123 cm³/mol. The van der Waals surface area contributed by atoms with E-state index in [1.807, 2.05) is 47.1 Å². The Hall–Kier alpha value is -4.20. The molecule has 1 aliphatic heterocycles. The first kappa shape index (κ1) is 20.7. The number of nitrogens with zero attached hydrogens (tertiary/aromatic N) is 3. The van der Waals surface area contributed by atoms with Gasteiger partial charge in [0.25, 0.3) is 0 Å². The number of imidazole rings is 1. The fourth-order valence-corrected chi connectivity index (χ4v) is 4.03. The zero-order chi connectivity index (χ0) is 22.9. The minimum absolute atomic E-state index is 0.0810. The number of rotatable bonds is 5. The van der Waals surface area contributed by atoms with Gasteiger partial charge in [0.15, 0.2) is 0 Å². The lowest BCUT2D eigenvalue weighted by Gasteiger charge is -2.17. The van der Waals surface area contributed by atoms with E-state index in [9.17, 15) is 14.0 Å². The Labute approximate surface area is 189 Å². The molecule has 0 aliphatic carbocycles. The number of hydrogen-bond acceptors (Lipinski definition) is 4. The van der Waals surface area contributed by atoms with Gasteiger partial charge in [0.1, 0.15) is 17.2 Å². The third-order valence-corrected chi connectivity index (χ3v) is 5.75. The standard InChI is InChI=1S/C25H21FN4O3/c1-33-22-10-5-16(21-15-29-11-3-2-4-23(29)27-21)12-20(22)28-25(32)17-13-24(31)30(14-17)19-8-6-18(26)7-9-19/h2-12,15,17H,13-14H2,1H3,(H,28,32). The maximum Gasteiger partial charge on any atom is 0.229 e. The second kappa shape index (κ2) is 8.38. The van der Waals surface area contributed by atoms with Crippen LogP contribution in [-0.4, -0.2) is 34.9 Å².